The molecule has 2 aromatic carbocycles. The maximum absolute atomic E-state index is 13.0. The Hall–Kier alpha value is -0.910. The molecule has 2 rings (SSSR count). The molecule has 0 saturated heterocycles. The van der Waals surface area contributed by atoms with Crippen LogP contribution in [0.3, 0.4) is 0 Å². The minimum absolute atomic E-state index is 0.332. The third kappa shape index (κ3) is 3.35. The second-order valence-electron chi connectivity index (χ2n) is 3.68. The molecule has 1 amide bonds. The molecule has 2 aromatic rings. The van der Waals surface area contributed by atoms with Crippen LogP contribution in [0.25, 0.3) is 0 Å². The van der Waals surface area contributed by atoms with Crippen LogP contribution >= 0.6 is 43.5 Å². The highest BCUT2D eigenvalue weighted by molar-refractivity contribution is 9.11. The molecule has 2 nitrogen and oxygen atoms in total. The Morgan fingerprint density at radius 1 is 1.16 bits per heavy atom. The number of hydrogen-bond acceptors (Lipinski definition) is 1. The van der Waals surface area contributed by atoms with Crippen LogP contribution in [0.5, 0.6) is 0 Å². The Kier molecular flexibility index (Phi) is 4.60. The van der Waals surface area contributed by atoms with Gasteiger partial charge in [0, 0.05) is 8.95 Å². The van der Waals surface area contributed by atoms with Crippen LogP contribution in [0, 0.1) is 5.82 Å². The molecule has 0 unspecified atom stereocenters. The van der Waals surface area contributed by atoms with Crippen molar-refractivity contribution >= 4 is 55.1 Å². The SMILES string of the molecule is O=C(Nc1ccc(F)cc1Br)c1cccc(Br)c1Cl. The Morgan fingerprint density at radius 3 is 2.58 bits per heavy atom. The summed E-state index contributed by atoms with van der Waals surface area (Å²) in [5.74, 6) is -0.746. The van der Waals surface area contributed by atoms with E-state index in [1.807, 2.05) is 0 Å². The van der Waals surface area contributed by atoms with Gasteiger partial charge in [0.25, 0.3) is 5.91 Å². The van der Waals surface area contributed by atoms with Gasteiger partial charge in [0.05, 0.1) is 16.3 Å². The van der Waals surface area contributed by atoms with Gasteiger partial charge in [-0.3, -0.25) is 4.79 Å². The van der Waals surface area contributed by atoms with E-state index in [1.54, 1.807) is 18.2 Å². The molecule has 0 fully saturated rings. The number of carbonyl (C=O) groups is 1. The monoisotopic (exact) mass is 405 g/mol. The van der Waals surface area contributed by atoms with Gasteiger partial charge in [-0.2, -0.15) is 0 Å². The van der Waals surface area contributed by atoms with Gasteiger partial charge in [-0.1, -0.05) is 17.7 Å². The Morgan fingerprint density at radius 2 is 1.89 bits per heavy atom. The lowest BCUT2D eigenvalue weighted by atomic mass is 10.2. The van der Waals surface area contributed by atoms with E-state index in [9.17, 15) is 9.18 Å². The van der Waals surface area contributed by atoms with Crippen molar-refractivity contribution in [1.29, 1.82) is 0 Å². The van der Waals surface area contributed by atoms with Crippen molar-refractivity contribution in [2.24, 2.45) is 0 Å². The van der Waals surface area contributed by atoms with Gasteiger partial charge in [-0.05, 0) is 62.2 Å². The van der Waals surface area contributed by atoms with E-state index in [1.165, 1.54) is 18.2 Å². The lowest BCUT2D eigenvalue weighted by Gasteiger charge is -2.09. The predicted octanol–water partition coefficient (Wildman–Crippen LogP) is 5.26. The molecule has 98 valence electrons. The molecule has 19 heavy (non-hydrogen) atoms. The minimum Gasteiger partial charge on any atom is -0.321 e. The normalized spacial score (nSPS) is 10.3. The van der Waals surface area contributed by atoms with E-state index in [4.69, 9.17) is 11.6 Å². The Bertz CT molecular complexity index is 649. The largest absolute Gasteiger partial charge is 0.321 e. The molecule has 0 bridgehead atoms. The van der Waals surface area contributed by atoms with E-state index in [2.05, 4.69) is 37.2 Å². The van der Waals surface area contributed by atoms with Crippen molar-refractivity contribution in [1.82, 2.24) is 0 Å². The van der Waals surface area contributed by atoms with Crippen LogP contribution in [0.4, 0.5) is 10.1 Å². The number of rotatable bonds is 2. The predicted molar refractivity (Wildman–Crippen MR) is 81.2 cm³/mol. The molecule has 0 radical (unpaired) electrons. The number of benzene rings is 2. The third-order valence-electron chi connectivity index (χ3n) is 2.38. The summed E-state index contributed by atoms with van der Waals surface area (Å²) in [6.07, 6.45) is 0. The number of nitrogens with one attached hydrogen (secondary N) is 1. The summed E-state index contributed by atoms with van der Waals surface area (Å²) in [5, 5.41) is 3.00. The summed E-state index contributed by atoms with van der Waals surface area (Å²) >= 11 is 12.5. The Labute approximate surface area is 131 Å². The molecule has 1 N–H and O–H groups in total. The number of halogens is 4. The zero-order valence-electron chi connectivity index (χ0n) is 9.38. The summed E-state index contributed by atoms with van der Waals surface area (Å²) in [5.41, 5.74) is 0.815. The van der Waals surface area contributed by atoms with Crippen molar-refractivity contribution in [3.8, 4) is 0 Å². The minimum atomic E-state index is -0.384. The lowest BCUT2D eigenvalue weighted by molar-refractivity contribution is 0.102. The fraction of sp³-hybridized carbons (Fsp3) is 0. The van der Waals surface area contributed by atoms with Crippen LogP contribution in [0.2, 0.25) is 5.02 Å². The first-order valence-corrected chi connectivity index (χ1v) is 7.16. The van der Waals surface area contributed by atoms with Gasteiger partial charge in [-0.25, -0.2) is 4.39 Å². The van der Waals surface area contributed by atoms with Crippen molar-refractivity contribution < 1.29 is 9.18 Å². The number of carbonyl (C=O) groups excluding carboxylic acids is 1. The molecule has 0 aliphatic rings. The fourth-order valence-corrected chi connectivity index (χ4v) is 2.49. The van der Waals surface area contributed by atoms with Crippen molar-refractivity contribution in [3.05, 3.63) is 61.7 Å². The summed E-state index contributed by atoms with van der Waals surface area (Å²) < 4.78 is 14.1. The number of amides is 1. The van der Waals surface area contributed by atoms with Crippen molar-refractivity contribution in [2.45, 2.75) is 0 Å². The zero-order chi connectivity index (χ0) is 14.0. The van der Waals surface area contributed by atoms with Crippen LogP contribution < -0.4 is 5.32 Å². The Balaban J connectivity index is 2.28. The van der Waals surface area contributed by atoms with E-state index in [0.29, 0.717) is 25.2 Å². The quantitative estimate of drug-likeness (QED) is 0.723. The topological polar surface area (TPSA) is 29.1 Å². The molecule has 0 aliphatic heterocycles. The fourth-order valence-electron chi connectivity index (χ4n) is 1.46. The highest BCUT2D eigenvalue weighted by atomic mass is 79.9. The van der Waals surface area contributed by atoms with E-state index >= 15 is 0 Å². The van der Waals surface area contributed by atoms with Gasteiger partial charge in [0.1, 0.15) is 5.82 Å². The summed E-state index contributed by atoms with van der Waals surface area (Å²) in [4.78, 5) is 12.1. The first-order valence-electron chi connectivity index (χ1n) is 5.19. The summed E-state index contributed by atoms with van der Waals surface area (Å²) in [6, 6.07) is 9.08. The molecule has 0 atom stereocenters. The van der Waals surface area contributed by atoms with Gasteiger partial charge < -0.3 is 5.32 Å². The highest BCUT2D eigenvalue weighted by Gasteiger charge is 2.13. The smallest absolute Gasteiger partial charge is 0.257 e. The van der Waals surface area contributed by atoms with Crippen LogP contribution in [-0.4, -0.2) is 5.91 Å². The highest BCUT2D eigenvalue weighted by Crippen LogP contribution is 2.28. The average molecular weight is 407 g/mol. The number of anilines is 1. The van der Waals surface area contributed by atoms with Gasteiger partial charge in [0.15, 0.2) is 0 Å². The standard InChI is InChI=1S/C13H7Br2ClFNO/c14-9-3-1-2-8(12(9)16)13(19)18-11-5-4-7(17)6-10(11)15/h1-6H,(H,18,19). The van der Waals surface area contributed by atoms with E-state index in [-0.39, 0.29) is 11.7 Å². The zero-order valence-corrected chi connectivity index (χ0v) is 13.3. The lowest BCUT2D eigenvalue weighted by Crippen LogP contribution is -2.13. The molecule has 0 aliphatic carbocycles. The van der Waals surface area contributed by atoms with Gasteiger partial charge >= 0.3 is 0 Å². The molecular formula is C13H7Br2ClFNO. The maximum atomic E-state index is 13.0. The van der Waals surface area contributed by atoms with E-state index in [0.717, 1.165) is 0 Å². The third-order valence-corrected chi connectivity index (χ3v) is 4.33. The van der Waals surface area contributed by atoms with Crippen LogP contribution in [0.1, 0.15) is 10.4 Å². The first-order chi connectivity index (χ1) is 8.99. The van der Waals surface area contributed by atoms with Gasteiger partial charge in [-0.15, -0.1) is 0 Å². The molecule has 0 heterocycles. The second kappa shape index (κ2) is 6.03. The molecule has 0 spiro atoms. The first kappa shape index (κ1) is 14.5. The average Bonchev–Trinajstić information content (AvgIpc) is 2.36. The van der Waals surface area contributed by atoms with Crippen molar-refractivity contribution in [3.63, 3.8) is 0 Å². The van der Waals surface area contributed by atoms with Gasteiger partial charge in [0.2, 0.25) is 0 Å². The summed E-state index contributed by atoms with van der Waals surface area (Å²) in [6.45, 7) is 0. The molecule has 6 heteroatoms. The maximum Gasteiger partial charge on any atom is 0.257 e. The van der Waals surface area contributed by atoms with Crippen LogP contribution in [0.15, 0.2) is 45.3 Å². The van der Waals surface area contributed by atoms with Crippen molar-refractivity contribution in [2.75, 3.05) is 5.32 Å². The van der Waals surface area contributed by atoms with Crippen LogP contribution in [-0.2, 0) is 0 Å². The molecule has 0 aromatic heterocycles. The molecule has 0 saturated carbocycles. The summed E-state index contributed by atoms with van der Waals surface area (Å²) in [7, 11) is 0. The molecular weight excluding hydrogens is 400 g/mol. The van der Waals surface area contributed by atoms with E-state index < -0.39 is 0 Å². The number of hydrogen-bond donors (Lipinski definition) is 1. The second-order valence-corrected chi connectivity index (χ2v) is 5.77.